The molecule has 0 nitrogen and oxygen atoms in total. The first-order chi connectivity index (χ1) is 39.2. The summed E-state index contributed by atoms with van der Waals surface area (Å²) in [6.07, 6.45) is 2.11. The third-order valence-electron chi connectivity index (χ3n) is 11.0. The van der Waals surface area contributed by atoms with Gasteiger partial charge in [0.05, 0.1) is 0 Å². The molecule has 468 valence electrons. The first kappa shape index (κ1) is 80.0. The number of thioether (sulfide) groups is 7. The minimum Gasteiger partial charge on any atom is -0.130 e. The first-order valence-corrected chi connectivity index (χ1v) is 36.8. The topological polar surface area (TPSA) is 0 Å². The van der Waals surface area contributed by atoms with E-state index < -0.39 is 0 Å². The van der Waals surface area contributed by atoms with E-state index in [1.807, 2.05) is 70.6 Å². The van der Waals surface area contributed by atoms with Gasteiger partial charge in [0, 0.05) is 65.8 Å². The van der Waals surface area contributed by atoms with Crippen LogP contribution in [0.15, 0.2) is 180 Å². The van der Waals surface area contributed by atoms with Crippen LogP contribution in [0.4, 0.5) is 0 Å². The molecule has 0 amide bonds. The van der Waals surface area contributed by atoms with Crippen molar-refractivity contribution in [3.05, 3.63) is 207 Å². The van der Waals surface area contributed by atoms with Crippen LogP contribution in [0, 0.1) is 87.0 Å². The van der Waals surface area contributed by atoms with Crippen LogP contribution < -0.4 is 0 Å². The average Bonchev–Trinajstić information content (AvgIpc) is 3.48. The molecule has 0 aliphatic heterocycles. The molecule has 0 N–H and O–H groups in total. The second kappa shape index (κ2) is 39.9. The van der Waals surface area contributed by atoms with Gasteiger partial charge in [-0.3, -0.25) is 0 Å². The van der Waals surface area contributed by atoms with Crippen molar-refractivity contribution in [2.75, 3.05) is 17.8 Å². The van der Waals surface area contributed by atoms with E-state index in [1.165, 1.54) is 107 Å². The van der Waals surface area contributed by atoms with Gasteiger partial charge in [0.15, 0.2) is 0 Å². The molecule has 0 aliphatic carbocycles. The van der Waals surface area contributed by atoms with Crippen molar-refractivity contribution in [3.63, 3.8) is 0 Å². The fraction of sp³-hybridized carbons (Fsp3) is 0.462. The standard InChI is InChI=1S/C13H20S.2C12H18S.2C11H16S.C10H14S.C9H12S/c1-10-6-11(2)8-12(7-10)14-9-13(3,4)5;1-9-6-10(2)8-11(7-9)13-12(3,4)5;1-10-5-7-11(8-6-10)13-9-12(2,3)4;1-8(2)12-11-6-9(3)5-10(4)7-11;1-9-5-7-10(8-6-9)12-11(2,3)4;1-8(2)11-10-6-4-9(3)5-7-10;1-7-4-8(2)6-9(5-7)10-3/h6-8H,9H2,1-5H3;6-8H,1-5H3;5-8H,9H2,1-4H3;2*5-8H,1-4H3;4-8H,1-3H3;4-6H,1-3H3. The van der Waals surface area contributed by atoms with Gasteiger partial charge in [-0.25, -0.2) is 0 Å². The van der Waals surface area contributed by atoms with Crippen molar-refractivity contribution in [3.8, 4) is 0 Å². The van der Waals surface area contributed by atoms with Crippen molar-refractivity contribution >= 4 is 82.3 Å². The SMILES string of the molecule is CSc1cc(C)cc(C)c1.Cc1cc(C)cc(SC(C)(C)C)c1.Cc1cc(C)cc(SC(C)C)c1.Cc1cc(C)cc(SCC(C)(C)C)c1.Cc1ccc(SC(C)(C)C)cc1.Cc1ccc(SC(C)C)cc1.Cc1ccc(SCC(C)(C)C)cc1. The molecule has 0 heterocycles. The van der Waals surface area contributed by atoms with E-state index in [0.29, 0.717) is 30.8 Å². The van der Waals surface area contributed by atoms with Gasteiger partial charge in [-0.2, -0.15) is 0 Å². The van der Waals surface area contributed by atoms with Gasteiger partial charge >= 0.3 is 0 Å². The highest BCUT2D eigenvalue weighted by Gasteiger charge is 2.14. The lowest BCUT2D eigenvalue weighted by atomic mass is 10.0. The van der Waals surface area contributed by atoms with Gasteiger partial charge < -0.3 is 0 Å². The Labute approximate surface area is 554 Å². The molecule has 0 aliphatic rings. The molecule has 7 aromatic carbocycles. The van der Waals surface area contributed by atoms with E-state index in [0.717, 1.165) is 0 Å². The Bertz CT molecular complexity index is 2860. The van der Waals surface area contributed by atoms with Gasteiger partial charge in [-0.15, -0.1) is 82.3 Å². The van der Waals surface area contributed by atoms with Crippen molar-refractivity contribution in [2.24, 2.45) is 10.8 Å². The minimum absolute atomic E-state index is 0.306. The molecular formula is C78H114S7. The van der Waals surface area contributed by atoms with E-state index in [9.17, 15) is 0 Å². The first-order valence-electron chi connectivity index (χ1n) is 30.2. The smallest absolute Gasteiger partial charge is 0.0122 e. The predicted molar refractivity (Wildman–Crippen MR) is 403 cm³/mol. The Balaban J connectivity index is 0.000000497. The Hall–Kier alpha value is -3.01. The Morgan fingerprint density at radius 2 is 0.518 bits per heavy atom. The van der Waals surface area contributed by atoms with Gasteiger partial charge in [0.25, 0.3) is 0 Å². The minimum atomic E-state index is 0.306. The van der Waals surface area contributed by atoms with Crippen molar-refractivity contribution < 1.29 is 0 Å². The zero-order chi connectivity index (χ0) is 64.9. The molecule has 7 heteroatoms. The van der Waals surface area contributed by atoms with Crippen LogP contribution in [0.25, 0.3) is 0 Å². The Morgan fingerprint density at radius 3 is 0.812 bits per heavy atom. The van der Waals surface area contributed by atoms with E-state index in [1.54, 1.807) is 11.8 Å². The van der Waals surface area contributed by atoms with Crippen LogP contribution in [0.5, 0.6) is 0 Å². The lowest BCUT2D eigenvalue weighted by Crippen LogP contribution is -2.07. The second-order valence-corrected chi connectivity index (χ2v) is 37.5. The molecule has 0 spiro atoms. The average molecular weight is 1280 g/mol. The lowest BCUT2D eigenvalue weighted by Gasteiger charge is -2.18. The molecule has 0 bridgehead atoms. The maximum Gasteiger partial charge on any atom is 0.0122 e. The number of aryl methyl sites for hydroxylation is 11. The number of rotatable bonds is 11. The van der Waals surface area contributed by atoms with Gasteiger partial charge in [0.1, 0.15) is 0 Å². The van der Waals surface area contributed by atoms with Crippen LogP contribution in [-0.4, -0.2) is 37.8 Å². The summed E-state index contributed by atoms with van der Waals surface area (Å²) in [6.45, 7) is 59.5. The molecule has 0 atom stereocenters. The third kappa shape index (κ3) is 44.1. The molecule has 0 saturated heterocycles. The van der Waals surface area contributed by atoms with Crippen molar-refractivity contribution in [2.45, 2.75) is 241 Å². The molecule has 0 radical (unpaired) electrons. The number of benzene rings is 7. The molecule has 0 saturated carbocycles. The molecule has 0 aromatic heterocycles. The summed E-state index contributed by atoms with van der Waals surface area (Å²) in [7, 11) is 0. The van der Waals surface area contributed by atoms with E-state index in [2.05, 4.69) is 339 Å². The van der Waals surface area contributed by atoms with E-state index >= 15 is 0 Å². The van der Waals surface area contributed by atoms with Crippen LogP contribution in [-0.2, 0) is 0 Å². The largest absolute Gasteiger partial charge is 0.130 e. The number of hydrogen-bond acceptors (Lipinski definition) is 7. The van der Waals surface area contributed by atoms with Crippen LogP contribution in [0.1, 0.15) is 172 Å². The molecule has 7 rings (SSSR count). The molecule has 7 aromatic rings. The monoisotopic (exact) mass is 1270 g/mol. The zero-order valence-electron chi connectivity index (χ0n) is 58.3. The Kier molecular flexibility index (Phi) is 37.5. The Morgan fingerprint density at radius 1 is 0.271 bits per heavy atom. The second-order valence-electron chi connectivity index (χ2n) is 27.4. The van der Waals surface area contributed by atoms with Gasteiger partial charge in [-0.05, 0) is 223 Å². The molecular weight excluding hydrogens is 1160 g/mol. The molecule has 85 heavy (non-hydrogen) atoms. The van der Waals surface area contributed by atoms with Crippen LogP contribution in [0.3, 0.4) is 0 Å². The summed E-state index contributed by atoms with van der Waals surface area (Å²) in [5.41, 5.74) is 15.7. The lowest BCUT2D eigenvalue weighted by molar-refractivity contribution is 0.480. The summed E-state index contributed by atoms with van der Waals surface area (Å²) >= 11 is 13.4. The van der Waals surface area contributed by atoms with E-state index in [4.69, 9.17) is 0 Å². The zero-order valence-corrected chi connectivity index (χ0v) is 64.0. The quantitative estimate of drug-likeness (QED) is 0.117. The molecule has 0 unspecified atom stereocenters. The molecule has 0 fully saturated rings. The van der Waals surface area contributed by atoms with Gasteiger partial charge in [0.2, 0.25) is 0 Å². The highest BCUT2D eigenvalue weighted by Crippen LogP contribution is 2.34. The summed E-state index contributed by atoms with van der Waals surface area (Å²) in [5, 5.41) is 1.35. The highest BCUT2D eigenvalue weighted by atomic mass is 32.2. The van der Waals surface area contributed by atoms with Crippen molar-refractivity contribution in [1.29, 1.82) is 0 Å². The van der Waals surface area contributed by atoms with Crippen molar-refractivity contribution in [1.82, 2.24) is 0 Å². The summed E-state index contributed by atoms with van der Waals surface area (Å²) in [5.74, 6) is 2.35. The normalized spacial score (nSPS) is 11.2. The summed E-state index contributed by atoms with van der Waals surface area (Å²) in [4.78, 5) is 9.63. The summed E-state index contributed by atoms with van der Waals surface area (Å²) in [6, 6.07) is 52.9. The predicted octanol–water partition coefficient (Wildman–Crippen LogP) is 27.0. The highest BCUT2D eigenvalue weighted by molar-refractivity contribution is 8.01. The number of hydrogen-bond donors (Lipinski definition) is 0. The summed E-state index contributed by atoms with van der Waals surface area (Å²) < 4.78 is 0.621. The van der Waals surface area contributed by atoms with Crippen LogP contribution in [0.2, 0.25) is 0 Å². The maximum absolute atomic E-state index is 2.28. The fourth-order valence-corrected chi connectivity index (χ4v) is 14.5. The maximum atomic E-state index is 2.28. The van der Waals surface area contributed by atoms with Crippen LogP contribution >= 0.6 is 82.3 Å². The van der Waals surface area contributed by atoms with Gasteiger partial charge in [-0.1, -0.05) is 188 Å². The fourth-order valence-electron chi connectivity index (χ4n) is 7.77. The van der Waals surface area contributed by atoms with E-state index in [-0.39, 0.29) is 0 Å². The third-order valence-corrected chi connectivity index (χ3v) is 19.1.